The van der Waals surface area contributed by atoms with Crippen LogP contribution in [0.2, 0.25) is 0 Å². The Hall–Kier alpha value is -2.24. The van der Waals surface area contributed by atoms with E-state index in [2.05, 4.69) is 5.10 Å². The lowest BCUT2D eigenvalue weighted by Crippen LogP contribution is -2.24. The number of rotatable bonds is 5. The van der Waals surface area contributed by atoms with Crippen molar-refractivity contribution in [1.29, 1.82) is 0 Å². The Labute approximate surface area is 150 Å². The van der Waals surface area contributed by atoms with Crippen molar-refractivity contribution in [2.24, 2.45) is 0 Å². The molecule has 0 radical (unpaired) electrons. The fraction of sp³-hybridized carbons (Fsp3) is 0.250. The van der Waals surface area contributed by atoms with Crippen molar-refractivity contribution in [2.75, 3.05) is 0 Å². The molecule has 0 aliphatic carbocycles. The number of aromatic nitrogens is 2. The van der Waals surface area contributed by atoms with E-state index in [0.717, 1.165) is 22.5 Å². The predicted molar refractivity (Wildman–Crippen MR) is 99.7 cm³/mol. The standard InChI is InChI=1S/C20H22N2O2S/c1-14-9-11-17(12-10-14)19(23)20(22-16(3)13-15(2)21-22)25(24)18-7-5-4-6-8-18/h4-13,19-20,23H,1-3H3. The van der Waals surface area contributed by atoms with Crippen molar-refractivity contribution in [3.63, 3.8) is 0 Å². The average molecular weight is 354 g/mol. The summed E-state index contributed by atoms with van der Waals surface area (Å²) in [4.78, 5) is 0.672. The molecule has 0 spiro atoms. The van der Waals surface area contributed by atoms with Gasteiger partial charge in [0, 0.05) is 10.6 Å². The van der Waals surface area contributed by atoms with Crippen LogP contribution in [0.1, 0.15) is 34.0 Å². The van der Waals surface area contributed by atoms with Gasteiger partial charge in [-0.25, -0.2) is 0 Å². The molecule has 1 heterocycles. The molecule has 25 heavy (non-hydrogen) atoms. The second-order valence-corrected chi connectivity index (χ2v) is 7.78. The molecule has 2 aromatic carbocycles. The molecule has 1 N–H and O–H groups in total. The average Bonchev–Trinajstić information content (AvgIpc) is 2.94. The number of hydrogen-bond acceptors (Lipinski definition) is 3. The zero-order valence-electron chi connectivity index (χ0n) is 14.6. The van der Waals surface area contributed by atoms with Crippen LogP contribution in [-0.2, 0) is 10.8 Å². The van der Waals surface area contributed by atoms with Gasteiger partial charge in [0.15, 0.2) is 5.37 Å². The van der Waals surface area contributed by atoms with E-state index in [4.69, 9.17) is 0 Å². The van der Waals surface area contributed by atoms with Crippen molar-refractivity contribution in [3.8, 4) is 0 Å². The summed E-state index contributed by atoms with van der Waals surface area (Å²) in [6, 6.07) is 18.8. The third kappa shape index (κ3) is 3.72. The fourth-order valence-electron chi connectivity index (χ4n) is 2.87. The highest BCUT2D eigenvalue weighted by atomic mass is 32.2. The first-order valence-corrected chi connectivity index (χ1v) is 9.41. The van der Waals surface area contributed by atoms with Gasteiger partial charge in [0.2, 0.25) is 0 Å². The number of benzene rings is 2. The van der Waals surface area contributed by atoms with Crippen molar-refractivity contribution >= 4 is 10.8 Å². The Kier molecular flexibility index (Phi) is 5.16. The zero-order chi connectivity index (χ0) is 18.0. The van der Waals surface area contributed by atoms with Crippen molar-refractivity contribution in [1.82, 2.24) is 9.78 Å². The summed E-state index contributed by atoms with van der Waals surface area (Å²) in [7, 11) is -1.45. The molecule has 3 unspecified atom stereocenters. The highest BCUT2D eigenvalue weighted by Gasteiger charge is 2.31. The molecular formula is C20H22N2O2S. The second kappa shape index (κ2) is 7.33. The van der Waals surface area contributed by atoms with Gasteiger partial charge in [-0.3, -0.25) is 8.89 Å². The molecule has 0 aliphatic heterocycles. The van der Waals surface area contributed by atoms with Crippen molar-refractivity contribution < 1.29 is 9.32 Å². The van der Waals surface area contributed by atoms with Crippen LogP contribution in [0.25, 0.3) is 0 Å². The molecule has 0 aliphatic rings. The van der Waals surface area contributed by atoms with Crippen molar-refractivity contribution in [2.45, 2.75) is 37.1 Å². The maximum absolute atomic E-state index is 13.3. The predicted octanol–water partition coefficient (Wildman–Crippen LogP) is 3.85. The fourth-order valence-corrected chi connectivity index (χ4v) is 4.36. The van der Waals surface area contributed by atoms with Crippen LogP contribution in [0, 0.1) is 20.8 Å². The molecule has 4 nitrogen and oxygen atoms in total. The van der Waals surface area contributed by atoms with E-state index >= 15 is 0 Å². The quantitative estimate of drug-likeness (QED) is 0.757. The molecular weight excluding hydrogens is 332 g/mol. The summed E-state index contributed by atoms with van der Waals surface area (Å²) in [5, 5.41) is 14.8. The van der Waals surface area contributed by atoms with Gasteiger partial charge in [-0.05, 0) is 44.5 Å². The Balaban J connectivity index is 2.07. The van der Waals surface area contributed by atoms with Gasteiger partial charge in [-0.15, -0.1) is 0 Å². The summed E-state index contributed by atoms with van der Waals surface area (Å²) in [5.41, 5.74) is 3.55. The van der Waals surface area contributed by atoms with Crippen LogP contribution < -0.4 is 0 Å². The third-order valence-corrected chi connectivity index (χ3v) is 5.80. The van der Waals surface area contributed by atoms with Crippen LogP contribution in [0.15, 0.2) is 65.6 Å². The number of aryl methyl sites for hydroxylation is 3. The minimum Gasteiger partial charge on any atom is -0.385 e. The normalized spacial score (nSPS) is 14.9. The van der Waals surface area contributed by atoms with Gasteiger partial charge in [0.1, 0.15) is 6.10 Å². The third-order valence-electron chi connectivity index (χ3n) is 4.17. The lowest BCUT2D eigenvalue weighted by molar-refractivity contribution is 0.143. The van der Waals surface area contributed by atoms with Gasteiger partial charge < -0.3 is 5.11 Å². The van der Waals surface area contributed by atoms with E-state index in [9.17, 15) is 9.32 Å². The van der Waals surface area contributed by atoms with E-state index in [-0.39, 0.29) is 0 Å². The largest absolute Gasteiger partial charge is 0.385 e. The van der Waals surface area contributed by atoms with Crippen LogP contribution in [0.5, 0.6) is 0 Å². The summed E-state index contributed by atoms with van der Waals surface area (Å²) in [6.45, 7) is 5.80. The maximum atomic E-state index is 13.3. The Morgan fingerprint density at radius 1 is 1.00 bits per heavy atom. The van der Waals surface area contributed by atoms with Crippen LogP contribution >= 0.6 is 0 Å². The van der Waals surface area contributed by atoms with Crippen LogP contribution in [0.4, 0.5) is 0 Å². The van der Waals surface area contributed by atoms with Crippen LogP contribution in [0.3, 0.4) is 0 Å². The van der Waals surface area contributed by atoms with E-state index in [1.165, 1.54) is 0 Å². The van der Waals surface area contributed by atoms with E-state index in [0.29, 0.717) is 4.90 Å². The smallest absolute Gasteiger partial charge is 0.161 e. The van der Waals surface area contributed by atoms with Gasteiger partial charge in [-0.1, -0.05) is 48.0 Å². The number of aliphatic hydroxyl groups excluding tert-OH is 1. The molecule has 0 saturated carbocycles. The first kappa shape index (κ1) is 17.6. The molecule has 130 valence electrons. The molecule has 5 heteroatoms. The molecule has 0 bridgehead atoms. The Morgan fingerprint density at radius 2 is 1.64 bits per heavy atom. The minimum absolute atomic E-state index is 0.672. The summed E-state index contributed by atoms with van der Waals surface area (Å²) in [6.07, 6.45) is -0.931. The lowest BCUT2D eigenvalue weighted by atomic mass is 10.1. The lowest BCUT2D eigenvalue weighted by Gasteiger charge is -2.24. The summed E-state index contributed by atoms with van der Waals surface area (Å²) >= 11 is 0. The van der Waals surface area contributed by atoms with Crippen LogP contribution in [-0.4, -0.2) is 19.1 Å². The molecule has 3 rings (SSSR count). The maximum Gasteiger partial charge on any atom is 0.161 e. The molecule has 0 fully saturated rings. The van der Waals surface area contributed by atoms with Crippen molar-refractivity contribution in [3.05, 3.63) is 83.2 Å². The molecule has 0 saturated heterocycles. The number of nitrogens with zero attached hydrogens (tertiary/aromatic N) is 2. The van der Waals surface area contributed by atoms with Gasteiger partial charge in [0.05, 0.1) is 16.5 Å². The highest BCUT2D eigenvalue weighted by Crippen LogP contribution is 2.33. The summed E-state index contributed by atoms with van der Waals surface area (Å²) in [5.74, 6) is 0. The minimum atomic E-state index is -1.45. The van der Waals surface area contributed by atoms with E-state index in [1.807, 2.05) is 81.4 Å². The molecule has 1 aromatic heterocycles. The molecule has 0 amide bonds. The topological polar surface area (TPSA) is 55.1 Å². The molecule has 3 atom stereocenters. The Bertz CT molecular complexity index is 872. The van der Waals surface area contributed by atoms with E-state index < -0.39 is 22.3 Å². The first-order valence-electron chi connectivity index (χ1n) is 8.20. The highest BCUT2D eigenvalue weighted by molar-refractivity contribution is 7.85. The van der Waals surface area contributed by atoms with E-state index in [1.54, 1.807) is 4.68 Å². The molecule has 3 aromatic rings. The van der Waals surface area contributed by atoms with Gasteiger partial charge in [0.25, 0.3) is 0 Å². The monoisotopic (exact) mass is 354 g/mol. The second-order valence-electron chi connectivity index (χ2n) is 6.23. The Morgan fingerprint density at radius 3 is 2.20 bits per heavy atom. The van der Waals surface area contributed by atoms with Gasteiger partial charge in [-0.2, -0.15) is 5.10 Å². The zero-order valence-corrected chi connectivity index (χ0v) is 15.4. The number of aliphatic hydroxyl groups is 1. The SMILES string of the molecule is Cc1ccc(C(O)C(n2nc(C)cc2C)S(=O)c2ccccc2)cc1. The first-order chi connectivity index (χ1) is 12.0. The summed E-state index contributed by atoms with van der Waals surface area (Å²) < 4.78 is 15.0. The number of hydrogen-bond donors (Lipinski definition) is 1. The van der Waals surface area contributed by atoms with Gasteiger partial charge >= 0.3 is 0 Å².